The number of nitrogens with zero attached hydrogens (tertiary/aromatic N) is 4. The van der Waals surface area contributed by atoms with Gasteiger partial charge in [0, 0.05) is 43.9 Å². The molecular formula is C23H30FN5O2S2. The van der Waals surface area contributed by atoms with Crippen LogP contribution in [0.25, 0.3) is 6.08 Å². The lowest BCUT2D eigenvalue weighted by Gasteiger charge is -2.28. The second-order valence-corrected chi connectivity index (χ2v) is 9.63. The number of ether oxygens (including phenoxy) is 1. The lowest BCUT2D eigenvalue weighted by atomic mass is 10.2. The molecule has 4 rings (SSSR count). The minimum absolute atomic E-state index is 0.187. The number of amides is 1. The van der Waals surface area contributed by atoms with E-state index in [1.807, 2.05) is 11.1 Å². The van der Waals surface area contributed by atoms with E-state index in [9.17, 15) is 9.18 Å². The largest absolute Gasteiger partial charge is 0.415 e. The molecule has 1 unspecified atom stereocenters. The first-order chi connectivity index (χ1) is 16.0. The van der Waals surface area contributed by atoms with Crippen LogP contribution in [-0.4, -0.2) is 76.4 Å². The molecule has 1 aromatic carbocycles. The zero-order chi connectivity index (χ0) is 23.4. The number of carbonyl (C=O) groups excluding carboxylic acids is 1. The highest BCUT2D eigenvalue weighted by Crippen LogP contribution is 2.34. The van der Waals surface area contributed by atoms with Gasteiger partial charge >= 0.3 is 6.09 Å². The predicted octanol–water partition coefficient (Wildman–Crippen LogP) is 4.11. The summed E-state index contributed by atoms with van der Waals surface area (Å²) in [5.41, 5.74) is 3.92. The number of hydrogen-bond acceptors (Lipinski definition) is 7. The lowest BCUT2D eigenvalue weighted by Crippen LogP contribution is -2.45. The second kappa shape index (κ2) is 10.9. The van der Waals surface area contributed by atoms with E-state index in [1.54, 1.807) is 11.0 Å². The zero-order valence-corrected chi connectivity index (χ0v) is 20.7. The third-order valence-corrected chi connectivity index (χ3v) is 7.63. The molecule has 3 aliphatic rings. The van der Waals surface area contributed by atoms with Crippen molar-refractivity contribution in [2.24, 2.45) is 4.99 Å². The Morgan fingerprint density at radius 3 is 2.91 bits per heavy atom. The van der Waals surface area contributed by atoms with Crippen molar-refractivity contribution in [3.05, 3.63) is 34.5 Å². The number of nitrogens with one attached hydrogen (secondary N) is 1. The van der Waals surface area contributed by atoms with E-state index in [0.29, 0.717) is 29.7 Å². The van der Waals surface area contributed by atoms with Gasteiger partial charge in [-0.2, -0.15) is 0 Å². The van der Waals surface area contributed by atoms with Crippen LogP contribution in [0.5, 0.6) is 5.75 Å². The Morgan fingerprint density at radius 2 is 2.18 bits per heavy atom. The number of likely N-dealkylation sites (tertiary alicyclic amines) is 1. The van der Waals surface area contributed by atoms with Gasteiger partial charge in [-0.3, -0.25) is 9.91 Å². The molecule has 0 aliphatic carbocycles. The quantitative estimate of drug-likeness (QED) is 0.491. The first-order valence-corrected chi connectivity index (χ1v) is 12.7. The normalized spacial score (nSPS) is 22.4. The number of hydrazine groups is 1. The number of benzene rings is 1. The molecule has 178 valence electrons. The third-order valence-electron chi connectivity index (χ3n) is 6.16. The van der Waals surface area contributed by atoms with E-state index in [2.05, 4.69) is 29.2 Å². The number of thioether (sulfide) groups is 1. The fraction of sp³-hybridized carbons (Fsp3) is 0.522. The molecule has 0 radical (unpaired) electrons. The van der Waals surface area contributed by atoms with Crippen LogP contribution in [0.2, 0.25) is 0 Å². The molecule has 7 nitrogen and oxygen atoms in total. The molecule has 1 aromatic rings. The first-order valence-electron chi connectivity index (χ1n) is 11.5. The summed E-state index contributed by atoms with van der Waals surface area (Å²) in [6, 6.07) is 4.53. The Labute approximate surface area is 204 Å². The number of halogens is 1. The maximum absolute atomic E-state index is 14.0. The summed E-state index contributed by atoms with van der Waals surface area (Å²) in [5, 5.41) is 2.83. The molecule has 3 aliphatic heterocycles. The first kappa shape index (κ1) is 24.1. The van der Waals surface area contributed by atoms with Gasteiger partial charge in [0.25, 0.3) is 0 Å². The number of amidine groups is 1. The Morgan fingerprint density at radius 1 is 1.36 bits per heavy atom. The highest BCUT2D eigenvalue weighted by Gasteiger charge is 2.31. The summed E-state index contributed by atoms with van der Waals surface area (Å²) >= 11 is 6.93. The van der Waals surface area contributed by atoms with E-state index < -0.39 is 11.9 Å². The van der Waals surface area contributed by atoms with Gasteiger partial charge in [0.1, 0.15) is 16.6 Å². The lowest BCUT2D eigenvalue weighted by molar-refractivity contribution is 0.154. The monoisotopic (exact) mass is 491 g/mol. The molecule has 10 heteroatoms. The Bertz CT molecular complexity index is 960. The van der Waals surface area contributed by atoms with Crippen molar-refractivity contribution in [3.8, 4) is 5.75 Å². The summed E-state index contributed by atoms with van der Waals surface area (Å²) in [4.78, 5) is 22.7. The van der Waals surface area contributed by atoms with E-state index in [4.69, 9.17) is 17.0 Å². The Balaban J connectivity index is 1.46. The molecule has 0 aromatic heterocycles. The second-order valence-electron chi connectivity index (χ2n) is 8.24. The number of aliphatic imine (C=N–C) groups is 1. The summed E-state index contributed by atoms with van der Waals surface area (Å²) < 4.78 is 19.7. The maximum atomic E-state index is 14.0. The SMILES string of the molecule is CCN(CC)C1CCN(C(=O)Oc2cc(F)ccc2/C=C2\SC(N3CCCCN3)=NC2=S)C1. The van der Waals surface area contributed by atoms with Gasteiger partial charge < -0.3 is 9.64 Å². The smallest absolute Gasteiger partial charge is 0.409 e. The van der Waals surface area contributed by atoms with Crippen molar-refractivity contribution < 1.29 is 13.9 Å². The Hall–Kier alpha value is -2.01. The van der Waals surface area contributed by atoms with Crippen LogP contribution in [0.4, 0.5) is 9.18 Å². The molecular weight excluding hydrogens is 461 g/mol. The standard InChI is InChI=1S/C23H30FN5O2S2/c1-3-27(4-2)18-9-12-28(15-18)23(30)31-19-14-17(24)8-7-16(19)13-20-21(32)26-22(33-20)29-11-6-5-10-25-29/h7-8,13-14,18,25H,3-6,9-12,15H2,1-2H3/b20-13-. The number of thiocarbonyl (C=S) groups is 1. The summed E-state index contributed by atoms with van der Waals surface area (Å²) in [6.45, 7) is 9.18. The van der Waals surface area contributed by atoms with E-state index >= 15 is 0 Å². The third kappa shape index (κ3) is 5.74. The molecule has 0 bridgehead atoms. The van der Waals surface area contributed by atoms with Gasteiger partial charge in [0.15, 0.2) is 5.17 Å². The summed E-state index contributed by atoms with van der Waals surface area (Å²) in [5.74, 6) is -0.273. The van der Waals surface area contributed by atoms with Crippen molar-refractivity contribution >= 4 is 46.3 Å². The van der Waals surface area contributed by atoms with Crippen LogP contribution in [0.3, 0.4) is 0 Å². The van der Waals surface area contributed by atoms with Crippen molar-refractivity contribution in [2.75, 3.05) is 39.3 Å². The Kier molecular flexibility index (Phi) is 8.00. The average Bonchev–Trinajstić information content (AvgIpc) is 3.45. The predicted molar refractivity (Wildman–Crippen MR) is 135 cm³/mol. The number of rotatable bonds is 5. The van der Waals surface area contributed by atoms with Crippen LogP contribution in [-0.2, 0) is 0 Å². The van der Waals surface area contributed by atoms with Crippen molar-refractivity contribution in [3.63, 3.8) is 0 Å². The molecule has 1 N–H and O–H groups in total. The molecule has 0 spiro atoms. The molecule has 33 heavy (non-hydrogen) atoms. The van der Waals surface area contributed by atoms with E-state index in [-0.39, 0.29) is 5.75 Å². The van der Waals surface area contributed by atoms with Crippen LogP contribution >= 0.6 is 24.0 Å². The van der Waals surface area contributed by atoms with Gasteiger partial charge in [-0.05, 0) is 62.3 Å². The highest BCUT2D eigenvalue weighted by molar-refractivity contribution is 8.19. The maximum Gasteiger partial charge on any atom is 0.415 e. The minimum atomic E-state index is -0.460. The molecule has 2 fully saturated rings. The van der Waals surface area contributed by atoms with Crippen molar-refractivity contribution in [2.45, 2.75) is 39.2 Å². The van der Waals surface area contributed by atoms with Gasteiger partial charge in [-0.25, -0.2) is 19.6 Å². The molecule has 1 amide bonds. The molecule has 3 heterocycles. The van der Waals surface area contributed by atoms with Gasteiger partial charge in [0.2, 0.25) is 0 Å². The van der Waals surface area contributed by atoms with Gasteiger partial charge in [-0.15, -0.1) is 0 Å². The summed E-state index contributed by atoms with van der Waals surface area (Å²) in [7, 11) is 0. The topological polar surface area (TPSA) is 60.4 Å². The van der Waals surface area contributed by atoms with Crippen LogP contribution in [0, 0.1) is 5.82 Å². The zero-order valence-electron chi connectivity index (χ0n) is 19.1. The van der Waals surface area contributed by atoms with Gasteiger partial charge in [0.05, 0.1) is 4.91 Å². The minimum Gasteiger partial charge on any atom is -0.409 e. The molecule has 0 saturated carbocycles. The highest BCUT2D eigenvalue weighted by atomic mass is 32.2. The number of carbonyl (C=O) groups is 1. The van der Waals surface area contributed by atoms with Crippen LogP contribution in [0.15, 0.2) is 28.1 Å². The van der Waals surface area contributed by atoms with Crippen molar-refractivity contribution in [1.29, 1.82) is 0 Å². The van der Waals surface area contributed by atoms with Gasteiger partial charge in [-0.1, -0.05) is 26.1 Å². The van der Waals surface area contributed by atoms with Crippen molar-refractivity contribution in [1.82, 2.24) is 20.2 Å². The fourth-order valence-corrected chi connectivity index (χ4v) is 5.57. The number of hydrogen-bond donors (Lipinski definition) is 1. The van der Waals surface area contributed by atoms with E-state index in [1.165, 1.54) is 23.9 Å². The van der Waals surface area contributed by atoms with Crippen LogP contribution in [0.1, 0.15) is 38.7 Å². The number of likely N-dealkylation sites (N-methyl/N-ethyl adjacent to an activating group) is 1. The molecule has 2 saturated heterocycles. The summed E-state index contributed by atoms with van der Waals surface area (Å²) in [6.07, 6.45) is 4.51. The average molecular weight is 492 g/mol. The molecule has 1 atom stereocenters. The van der Waals surface area contributed by atoms with Crippen LogP contribution < -0.4 is 10.2 Å². The van der Waals surface area contributed by atoms with E-state index in [0.717, 1.165) is 55.5 Å². The fourth-order valence-electron chi connectivity index (χ4n) is 4.33.